The smallest absolute Gasteiger partial charge is 0.262 e. The monoisotopic (exact) mass is 357 g/mol. The van der Waals surface area contributed by atoms with Crippen molar-refractivity contribution < 1.29 is 14.3 Å². The fourth-order valence-corrected chi connectivity index (χ4v) is 5.41. The summed E-state index contributed by atoms with van der Waals surface area (Å²) < 4.78 is 12.4. The molecule has 3 fully saturated rings. The molecule has 3 aliphatic rings. The topological polar surface area (TPSA) is 38.8 Å². The summed E-state index contributed by atoms with van der Waals surface area (Å²) in [4.78, 5) is 14.6. The molecule has 1 saturated heterocycles. The van der Waals surface area contributed by atoms with Crippen LogP contribution in [0, 0.1) is 17.3 Å². The van der Waals surface area contributed by atoms with Gasteiger partial charge in [-0.2, -0.15) is 0 Å². The lowest BCUT2D eigenvalue weighted by molar-refractivity contribution is -0.158. The summed E-state index contributed by atoms with van der Waals surface area (Å²) >= 11 is 0. The Bertz CT molecular complexity index is 659. The minimum Gasteiger partial charge on any atom is -0.484 e. The predicted molar refractivity (Wildman–Crippen MR) is 101 cm³/mol. The number of carbonyl (C=O) groups is 1. The van der Waals surface area contributed by atoms with Gasteiger partial charge < -0.3 is 14.4 Å². The third-order valence-electron chi connectivity index (χ3n) is 7.01. The second-order valence-corrected chi connectivity index (χ2v) is 8.95. The summed E-state index contributed by atoms with van der Waals surface area (Å²) in [6, 6.07) is 9.54. The van der Waals surface area contributed by atoms with E-state index >= 15 is 0 Å². The van der Waals surface area contributed by atoms with E-state index in [1.165, 1.54) is 12.8 Å². The predicted octanol–water partition coefficient (Wildman–Crippen LogP) is 4.25. The normalized spacial score (nSPS) is 35.0. The number of carbonyl (C=O) groups excluding carboxylic acids is 1. The molecule has 3 unspecified atom stereocenters. The zero-order valence-electron chi connectivity index (χ0n) is 16.2. The minimum atomic E-state index is -0.0866. The molecule has 0 radical (unpaired) electrons. The Labute approximate surface area is 156 Å². The molecular formula is C22H31NO3. The number of ether oxygens (including phenoxy) is 2. The summed E-state index contributed by atoms with van der Waals surface area (Å²) in [5, 5.41) is 0. The van der Waals surface area contributed by atoms with E-state index in [2.05, 4.69) is 20.8 Å². The van der Waals surface area contributed by atoms with Crippen molar-refractivity contribution in [1.82, 2.24) is 4.90 Å². The molecule has 2 saturated carbocycles. The van der Waals surface area contributed by atoms with E-state index in [0.717, 1.165) is 31.6 Å². The SMILES string of the molecule is CC1CCC2C(C)(C)C2(O[C@H]2CCCN2C(=O)COc2ccccc2)C1. The fourth-order valence-electron chi connectivity index (χ4n) is 5.41. The summed E-state index contributed by atoms with van der Waals surface area (Å²) in [7, 11) is 0. The first kappa shape index (κ1) is 17.8. The van der Waals surface area contributed by atoms with Crippen molar-refractivity contribution in [1.29, 1.82) is 0 Å². The van der Waals surface area contributed by atoms with Crippen molar-refractivity contribution in [2.24, 2.45) is 17.3 Å². The van der Waals surface area contributed by atoms with Gasteiger partial charge in [0, 0.05) is 6.54 Å². The molecule has 0 spiro atoms. The van der Waals surface area contributed by atoms with Gasteiger partial charge in [0.1, 0.15) is 12.0 Å². The number of para-hydroxylation sites is 1. The Hall–Kier alpha value is -1.55. The van der Waals surface area contributed by atoms with Gasteiger partial charge in [-0.3, -0.25) is 4.79 Å². The first-order chi connectivity index (χ1) is 12.4. The maximum atomic E-state index is 12.7. The third kappa shape index (κ3) is 2.92. The first-order valence-corrected chi connectivity index (χ1v) is 10.1. The van der Waals surface area contributed by atoms with Gasteiger partial charge in [0.2, 0.25) is 0 Å². The van der Waals surface area contributed by atoms with E-state index in [9.17, 15) is 4.79 Å². The fraction of sp³-hybridized carbons (Fsp3) is 0.682. The lowest BCUT2D eigenvalue weighted by Gasteiger charge is -2.34. The van der Waals surface area contributed by atoms with Crippen molar-refractivity contribution >= 4 is 5.91 Å². The third-order valence-corrected chi connectivity index (χ3v) is 7.01. The van der Waals surface area contributed by atoms with E-state index in [4.69, 9.17) is 9.47 Å². The quantitative estimate of drug-likeness (QED) is 0.791. The molecule has 1 aliphatic heterocycles. The molecule has 4 heteroatoms. The van der Waals surface area contributed by atoms with Gasteiger partial charge in [-0.1, -0.05) is 45.4 Å². The highest BCUT2D eigenvalue weighted by atomic mass is 16.5. The molecule has 4 rings (SSSR count). The van der Waals surface area contributed by atoms with E-state index < -0.39 is 0 Å². The standard InChI is InChI=1S/C22H31NO3/c1-16-11-12-18-21(2,3)22(18,14-16)26-20-10-7-13-23(20)19(24)15-25-17-8-5-4-6-9-17/h4-6,8-9,16,18,20H,7,10-15H2,1-3H3/t16?,18?,20-,22?/m0/s1. The van der Waals surface area contributed by atoms with Crippen LogP contribution in [0.3, 0.4) is 0 Å². The minimum absolute atomic E-state index is 0.0293. The Morgan fingerprint density at radius 2 is 1.96 bits per heavy atom. The van der Waals surface area contributed by atoms with E-state index in [-0.39, 0.29) is 29.8 Å². The van der Waals surface area contributed by atoms with Crippen molar-refractivity contribution in [3.05, 3.63) is 30.3 Å². The Morgan fingerprint density at radius 1 is 1.19 bits per heavy atom. The maximum absolute atomic E-state index is 12.7. The number of hydrogen-bond acceptors (Lipinski definition) is 3. The van der Waals surface area contributed by atoms with Crippen LogP contribution < -0.4 is 4.74 Å². The summed E-state index contributed by atoms with van der Waals surface area (Å²) in [5.74, 6) is 2.12. The van der Waals surface area contributed by atoms with Gasteiger partial charge in [0.15, 0.2) is 6.61 Å². The van der Waals surface area contributed by atoms with Crippen molar-refractivity contribution in [2.45, 2.75) is 64.7 Å². The number of nitrogens with zero attached hydrogens (tertiary/aromatic N) is 1. The average molecular weight is 357 g/mol. The zero-order chi connectivity index (χ0) is 18.4. The number of rotatable bonds is 5. The van der Waals surface area contributed by atoms with Gasteiger partial charge in [-0.25, -0.2) is 0 Å². The van der Waals surface area contributed by atoms with Gasteiger partial charge in [0.25, 0.3) is 5.91 Å². The highest BCUT2D eigenvalue weighted by Gasteiger charge is 2.73. The summed E-state index contributed by atoms with van der Waals surface area (Å²) in [6.45, 7) is 7.88. The molecule has 1 amide bonds. The summed E-state index contributed by atoms with van der Waals surface area (Å²) in [5.41, 5.74) is 0.202. The van der Waals surface area contributed by atoms with Gasteiger partial charge in [0.05, 0.1) is 5.60 Å². The highest BCUT2D eigenvalue weighted by Crippen LogP contribution is 2.71. The Morgan fingerprint density at radius 3 is 2.73 bits per heavy atom. The van der Waals surface area contributed by atoms with Gasteiger partial charge >= 0.3 is 0 Å². The molecular weight excluding hydrogens is 326 g/mol. The molecule has 0 N–H and O–H groups in total. The van der Waals surface area contributed by atoms with Crippen LogP contribution >= 0.6 is 0 Å². The number of likely N-dealkylation sites (tertiary alicyclic amines) is 1. The number of benzene rings is 1. The number of fused-ring (bicyclic) bond motifs is 1. The molecule has 142 valence electrons. The molecule has 4 atom stereocenters. The van der Waals surface area contributed by atoms with Crippen molar-refractivity contribution in [3.63, 3.8) is 0 Å². The molecule has 0 aromatic heterocycles. The molecule has 26 heavy (non-hydrogen) atoms. The second kappa shape index (κ2) is 6.56. The van der Waals surface area contributed by atoms with E-state index in [0.29, 0.717) is 11.8 Å². The maximum Gasteiger partial charge on any atom is 0.262 e. The van der Waals surface area contributed by atoms with Crippen LogP contribution in [-0.2, 0) is 9.53 Å². The van der Waals surface area contributed by atoms with Crippen LogP contribution in [0.25, 0.3) is 0 Å². The van der Waals surface area contributed by atoms with Crippen LogP contribution in [0.1, 0.15) is 52.9 Å². The highest BCUT2D eigenvalue weighted by molar-refractivity contribution is 5.78. The zero-order valence-corrected chi connectivity index (χ0v) is 16.2. The number of amides is 1. The summed E-state index contributed by atoms with van der Waals surface area (Å²) in [6.07, 6.45) is 5.55. The average Bonchev–Trinajstić information content (AvgIpc) is 2.93. The Balaban J connectivity index is 1.40. The van der Waals surface area contributed by atoms with Crippen LogP contribution in [0.15, 0.2) is 30.3 Å². The van der Waals surface area contributed by atoms with Crippen LogP contribution in [-0.4, -0.2) is 35.8 Å². The Kier molecular flexibility index (Phi) is 4.50. The molecule has 1 aromatic carbocycles. The largest absolute Gasteiger partial charge is 0.484 e. The lowest BCUT2D eigenvalue weighted by atomic mass is 9.88. The van der Waals surface area contributed by atoms with Crippen LogP contribution in [0.2, 0.25) is 0 Å². The second-order valence-electron chi connectivity index (χ2n) is 8.95. The number of hydrogen-bond donors (Lipinski definition) is 0. The molecule has 4 nitrogen and oxygen atoms in total. The van der Waals surface area contributed by atoms with E-state index in [1.54, 1.807) is 0 Å². The van der Waals surface area contributed by atoms with Crippen LogP contribution in [0.4, 0.5) is 0 Å². The molecule has 1 aromatic rings. The van der Waals surface area contributed by atoms with Crippen LogP contribution in [0.5, 0.6) is 5.75 Å². The van der Waals surface area contributed by atoms with Gasteiger partial charge in [-0.15, -0.1) is 0 Å². The molecule has 2 aliphatic carbocycles. The lowest BCUT2D eigenvalue weighted by Crippen LogP contribution is -2.44. The first-order valence-electron chi connectivity index (χ1n) is 10.1. The van der Waals surface area contributed by atoms with E-state index in [1.807, 2.05) is 35.2 Å². The van der Waals surface area contributed by atoms with Crippen molar-refractivity contribution in [3.8, 4) is 5.75 Å². The van der Waals surface area contributed by atoms with Gasteiger partial charge in [-0.05, 0) is 55.1 Å². The molecule has 1 heterocycles. The van der Waals surface area contributed by atoms with Crippen molar-refractivity contribution in [2.75, 3.05) is 13.2 Å². The molecule has 0 bridgehead atoms.